The summed E-state index contributed by atoms with van der Waals surface area (Å²) in [5.74, 6) is 0.930. The van der Waals surface area contributed by atoms with Crippen molar-refractivity contribution < 1.29 is 13.2 Å². The summed E-state index contributed by atoms with van der Waals surface area (Å²) in [6, 6.07) is 10.8. The summed E-state index contributed by atoms with van der Waals surface area (Å²) in [6.45, 7) is 2.58. The first-order chi connectivity index (χ1) is 12.0. The average molecular weight is 375 g/mol. The fraction of sp³-hybridized carbons (Fsp3) is 0.294. The Bertz CT molecular complexity index is 1030. The zero-order valence-electron chi connectivity index (χ0n) is 13.6. The van der Waals surface area contributed by atoms with E-state index in [1.807, 2.05) is 19.1 Å². The Balaban J connectivity index is 1.53. The van der Waals surface area contributed by atoms with Gasteiger partial charge in [0.1, 0.15) is 21.7 Å². The SMILES string of the molecule is C[C@H](Cc1ccc2c(c1)CCO2)NS(=O)(=O)c1cccc2nsnc12. The number of fused-ring (bicyclic) bond motifs is 2. The molecule has 1 aliphatic rings. The van der Waals surface area contributed by atoms with Crippen LogP contribution in [0.3, 0.4) is 0 Å². The standard InChI is InChI=1S/C17H17N3O3S2/c1-11(9-12-5-6-15-13(10-12)7-8-23-15)20-25(21,22)16-4-2-3-14-17(16)19-24-18-14/h2-6,10-11,20H,7-9H2,1H3/t11-/m1/s1. The number of ether oxygens (including phenoxy) is 1. The molecule has 8 heteroatoms. The molecule has 1 aromatic heterocycles. The molecule has 0 radical (unpaired) electrons. The number of nitrogens with zero attached hydrogens (tertiary/aromatic N) is 2. The van der Waals surface area contributed by atoms with Gasteiger partial charge in [0.15, 0.2) is 0 Å². The molecule has 0 unspecified atom stereocenters. The molecule has 0 saturated carbocycles. The van der Waals surface area contributed by atoms with Gasteiger partial charge in [0, 0.05) is 12.5 Å². The largest absolute Gasteiger partial charge is 0.493 e. The Morgan fingerprint density at radius 3 is 3.04 bits per heavy atom. The Hall–Kier alpha value is -2.03. The lowest BCUT2D eigenvalue weighted by Crippen LogP contribution is -2.34. The highest BCUT2D eigenvalue weighted by atomic mass is 32.2. The van der Waals surface area contributed by atoms with Crippen LogP contribution in [0.15, 0.2) is 41.3 Å². The molecular formula is C17H17N3O3S2. The molecule has 6 nitrogen and oxygen atoms in total. The van der Waals surface area contributed by atoms with Crippen LogP contribution in [0.25, 0.3) is 11.0 Å². The van der Waals surface area contributed by atoms with Crippen LogP contribution in [0, 0.1) is 0 Å². The zero-order chi connectivity index (χ0) is 17.4. The van der Waals surface area contributed by atoms with Gasteiger partial charge in [0.25, 0.3) is 0 Å². The molecule has 25 heavy (non-hydrogen) atoms. The maximum Gasteiger partial charge on any atom is 0.243 e. The number of aromatic nitrogens is 2. The summed E-state index contributed by atoms with van der Waals surface area (Å²) in [7, 11) is -3.66. The minimum atomic E-state index is -3.66. The second-order valence-electron chi connectivity index (χ2n) is 6.16. The summed E-state index contributed by atoms with van der Waals surface area (Å²) in [5.41, 5.74) is 3.29. The summed E-state index contributed by atoms with van der Waals surface area (Å²) >= 11 is 1.01. The first-order valence-corrected chi connectivity index (χ1v) is 10.2. The fourth-order valence-corrected chi connectivity index (χ4v) is 5.10. The lowest BCUT2D eigenvalue weighted by Gasteiger charge is -2.15. The third-order valence-electron chi connectivity index (χ3n) is 4.19. The van der Waals surface area contributed by atoms with Crippen LogP contribution in [-0.4, -0.2) is 29.8 Å². The molecule has 1 aliphatic heterocycles. The van der Waals surface area contributed by atoms with Crippen molar-refractivity contribution in [2.45, 2.75) is 30.7 Å². The molecule has 0 fully saturated rings. The Labute approximate surface area is 150 Å². The summed E-state index contributed by atoms with van der Waals surface area (Å²) in [4.78, 5) is 0.174. The highest BCUT2D eigenvalue weighted by Crippen LogP contribution is 2.26. The number of benzene rings is 2. The summed E-state index contributed by atoms with van der Waals surface area (Å²) < 4.78 is 41.9. The van der Waals surface area contributed by atoms with Crippen LogP contribution in [0.2, 0.25) is 0 Å². The van der Waals surface area contributed by atoms with Gasteiger partial charge in [-0.25, -0.2) is 13.1 Å². The molecule has 0 bridgehead atoms. The number of hydrogen-bond acceptors (Lipinski definition) is 6. The first kappa shape index (κ1) is 16.4. The van der Waals surface area contributed by atoms with Crippen molar-refractivity contribution in [3.8, 4) is 5.75 Å². The number of rotatable bonds is 5. The Kier molecular flexibility index (Phi) is 4.18. The number of sulfonamides is 1. The van der Waals surface area contributed by atoms with E-state index in [1.54, 1.807) is 18.2 Å². The van der Waals surface area contributed by atoms with E-state index in [1.165, 1.54) is 5.56 Å². The van der Waals surface area contributed by atoms with E-state index in [0.717, 1.165) is 29.5 Å². The smallest absolute Gasteiger partial charge is 0.243 e. The average Bonchev–Trinajstić information content (AvgIpc) is 3.22. The zero-order valence-corrected chi connectivity index (χ0v) is 15.2. The van der Waals surface area contributed by atoms with E-state index in [-0.39, 0.29) is 10.9 Å². The topological polar surface area (TPSA) is 81.2 Å². The van der Waals surface area contributed by atoms with E-state index in [0.29, 0.717) is 24.1 Å². The maximum atomic E-state index is 12.7. The quantitative estimate of drug-likeness (QED) is 0.741. The van der Waals surface area contributed by atoms with E-state index in [2.05, 4.69) is 19.5 Å². The molecule has 2 aromatic carbocycles. The van der Waals surface area contributed by atoms with Crippen molar-refractivity contribution >= 4 is 32.8 Å². The minimum Gasteiger partial charge on any atom is -0.493 e. The summed E-state index contributed by atoms with van der Waals surface area (Å²) in [6.07, 6.45) is 1.51. The van der Waals surface area contributed by atoms with Crippen LogP contribution >= 0.6 is 11.7 Å². The predicted octanol–water partition coefficient (Wildman–Crippen LogP) is 2.54. The van der Waals surface area contributed by atoms with Crippen LogP contribution in [-0.2, 0) is 22.9 Å². The number of hydrogen-bond donors (Lipinski definition) is 1. The van der Waals surface area contributed by atoms with E-state index < -0.39 is 10.0 Å². The normalized spacial score (nSPS) is 15.1. The monoisotopic (exact) mass is 375 g/mol. The van der Waals surface area contributed by atoms with Gasteiger partial charge < -0.3 is 4.74 Å². The molecule has 130 valence electrons. The molecule has 0 saturated heterocycles. The molecule has 0 spiro atoms. The lowest BCUT2D eigenvalue weighted by atomic mass is 10.0. The minimum absolute atomic E-state index is 0.174. The van der Waals surface area contributed by atoms with Gasteiger partial charge in [-0.3, -0.25) is 0 Å². The third-order valence-corrected chi connectivity index (χ3v) is 6.35. The molecule has 2 heterocycles. The highest BCUT2D eigenvalue weighted by molar-refractivity contribution is 7.89. The van der Waals surface area contributed by atoms with Gasteiger partial charge in [-0.1, -0.05) is 18.2 Å². The van der Waals surface area contributed by atoms with Crippen molar-refractivity contribution in [3.05, 3.63) is 47.5 Å². The van der Waals surface area contributed by atoms with Crippen molar-refractivity contribution in [1.82, 2.24) is 13.5 Å². The van der Waals surface area contributed by atoms with Crippen LogP contribution in [0.1, 0.15) is 18.1 Å². The molecule has 1 N–H and O–H groups in total. The van der Waals surface area contributed by atoms with Crippen molar-refractivity contribution in [2.75, 3.05) is 6.61 Å². The van der Waals surface area contributed by atoms with Gasteiger partial charge in [-0.05, 0) is 42.7 Å². The summed E-state index contributed by atoms with van der Waals surface area (Å²) in [5, 5.41) is 0. The molecule has 0 aliphatic carbocycles. The van der Waals surface area contributed by atoms with Crippen molar-refractivity contribution in [3.63, 3.8) is 0 Å². The van der Waals surface area contributed by atoms with Gasteiger partial charge in [0.05, 0.1) is 18.3 Å². The predicted molar refractivity (Wildman–Crippen MR) is 96.5 cm³/mol. The lowest BCUT2D eigenvalue weighted by molar-refractivity contribution is 0.357. The van der Waals surface area contributed by atoms with E-state index >= 15 is 0 Å². The van der Waals surface area contributed by atoms with Crippen LogP contribution < -0.4 is 9.46 Å². The Morgan fingerprint density at radius 2 is 2.16 bits per heavy atom. The van der Waals surface area contributed by atoms with Gasteiger partial charge in [-0.2, -0.15) is 8.75 Å². The molecule has 0 amide bonds. The van der Waals surface area contributed by atoms with Gasteiger partial charge in [0.2, 0.25) is 10.0 Å². The Morgan fingerprint density at radius 1 is 1.28 bits per heavy atom. The molecule has 4 rings (SSSR count). The second kappa shape index (κ2) is 6.36. The molecule has 1 atom stereocenters. The third kappa shape index (κ3) is 3.24. The van der Waals surface area contributed by atoms with E-state index in [9.17, 15) is 8.42 Å². The van der Waals surface area contributed by atoms with Gasteiger partial charge in [-0.15, -0.1) is 0 Å². The van der Waals surface area contributed by atoms with Gasteiger partial charge >= 0.3 is 0 Å². The molecular weight excluding hydrogens is 358 g/mol. The number of nitrogens with one attached hydrogen (secondary N) is 1. The first-order valence-electron chi connectivity index (χ1n) is 8.01. The fourth-order valence-electron chi connectivity index (χ4n) is 3.09. The molecule has 3 aromatic rings. The van der Waals surface area contributed by atoms with E-state index in [4.69, 9.17) is 4.74 Å². The van der Waals surface area contributed by atoms with Crippen molar-refractivity contribution in [1.29, 1.82) is 0 Å². The second-order valence-corrected chi connectivity index (χ2v) is 8.37. The van der Waals surface area contributed by atoms with Crippen LogP contribution in [0.4, 0.5) is 0 Å². The highest BCUT2D eigenvalue weighted by Gasteiger charge is 2.22. The maximum absolute atomic E-state index is 12.7. The van der Waals surface area contributed by atoms with Crippen molar-refractivity contribution in [2.24, 2.45) is 0 Å². The van der Waals surface area contributed by atoms with Crippen LogP contribution in [0.5, 0.6) is 5.75 Å².